The van der Waals surface area contributed by atoms with Crippen LogP contribution in [0.5, 0.6) is 0 Å². The number of alkyl halides is 7. The van der Waals surface area contributed by atoms with E-state index in [1.54, 1.807) is 0 Å². The Morgan fingerprint density at radius 1 is 0.900 bits per heavy atom. The molecular formula is C12H5F7O. The number of Topliss-reactive ketones (excluding diaryl/α,β-unsaturated/α-hetero) is 1. The molecule has 1 aromatic carbocycles. The summed E-state index contributed by atoms with van der Waals surface area (Å²) in [5.41, 5.74) is -0.203. The molecule has 0 spiro atoms. The molecule has 0 bridgehead atoms. The van der Waals surface area contributed by atoms with Gasteiger partial charge >= 0.3 is 18.0 Å². The van der Waals surface area contributed by atoms with E-state index in [1.807, 2.05) is 0 Å². The molecule has 0 saturated heterocycles. The molecule has 0 atom stereocenters. The Bertz CT molecular complexity index is 549. The Morgan fingerprint density at radius 2 is 1.40 bits per heavy atom. The van der Waals surface area contributed by atoms with Crippen LogP contribution >= 0.6 is 0 Å². The van der Waals surface area contributed by atoms with E-state index in [0.29, 0.717) is 5.92 Å². The molecule has 0 aliphatic heterocycles. The number of ketones is 1. The third-order valence-electron chi connectivity index (χ3n) is 2.12. The Morgan fingerprint density at radius 3 is 1.85 bits per heavy atom. The minimum absolute atomic E-state index is 0.203. The van der Waals surface area contributed by atoms with Gasteiger partial charge in [0.25, 0.3) is 0 Å². The number of hydrogen-bond donors (Lipinski definition) is 0. The lowest BCUT2D eigenvalue weighted by atomic mass is 10.1. The van der Waals surface area contributed by atoms with E-state index < -0.39 is 23.8 Å². The Balaban J connectivity index is 3.04. The monoisotopic (exact) mass is 298 g/mol. The van der Waals surface area contributed by atoms with E-state index in [9.17, 15) is 35.5 Å². The van der Waals surface area contributed by atoms with Gasteiger partial charge in [-0.05, 0) is 11.8 Å². The molecule has 0 aliphatic rings. The first-order valence-corrected chi connectivity index (χ1v) is 4.94. The van der Waals surface area contributed by atoms with Crippen LogP contribution < -0.4 is 0 Å². The highest BCUT2D eigenvalue weighted by atomic mass is 19.4. The van der Waals surface area contributed by atoms with Gasteiger partial charge in [-0.1, -0.05) is 30.3 Å². The molecular weight excluding hydrogens is 293 g/mol. The fourth-order valence-corrected chi connectivity index (χ4v) is 1.05. The molecule has 0 aromatic heterocycles. The summed E-state index contributed by atoms with van der Waals surface area (Å²) in [6, 6.07) is 6.47. The van der Waals surface area contributed by atoms with Crippen LogP contribution in [-0.2, 0) is 0 Å². The summed E-state index contributed by atoms with van der Waals surface area (Å²) in [7, 11) is 0. The summed E-state index contributed by atoms with van der Waals surface area (Å²) in [5, 5.41) is 0. The van der Waals surface area contributed by atoms with Crippen molar-refractivity contribution in [3.8, 4) is 11.8 Å². The maximum absolute atomic E-state index is 12.8. The zero-order valence-electron chi connectivity index (χ0n) is 9.44. The van der Waals surface area contributed by atoms with Gasteiger partial charge < -0.3 is 0 Å². The molecule has 0 N–H and O–H groups in total. The van der Waals surface area contributed by atoms with Crippen molar-refractivity contribution < 1.29 is 35.5 Å². The number of carbonyl (C=O) groups excluding carboxylic acids is 1. The molecule has 0 fully saturated rings. The minimum Gasteiger partial charge on any atom is -0.279 e. The summed E-state index contributed by atoms with van der Waals surface area (Å²) < 4.78 is 85.9. The van der Waals surface area contributed by atoms with Crippen molar-refractivity contribution in [1.82, 2.24) is 0 Å². The van der Waals surface area contributed by atoms with Crippen LogP contribution in [0.4, 0.5) is 30.7 Å². The van der Waals surface area contributed by atoms with Crippen molar-refractivity contribution in [3.05, 3.63) is 35.9 Å². The van der Waals surface area contributed by atoms with E-state index in [4.69, 9.17) is 0 Å². The van der Waals surface area contributed by atoms with Crippen LogP contribution in [0.2, 0.25) is 0 Å². The van der Waals surface area contributed by atoms with Gasteiger partial charge in [0.1, 0.15) is 0 Å². The Kier molecular flexibility index (Phi) is 4.12. The average Bonchev–Trinajstić information content (AvgIpc) is 2.35. The number of rotatable bonds is 2. The number of carbonyl (C=O) groups is 1. The highest BCUT2D eigenvalue weighted by Crippen LogP contribution is 2.46. The zero-order chi connectivity index (χ0) is 15.6. The van der Waals surface area contributed by atoms with Gasteiger partial charge in [-0.2, -0.15) is 30.7 Å². The maximum Gasteiger partial charge on any atom is 0.461 e. The van der Waals surface area contributed by atoms with Gasteiger partial charge in [-0.25, -0.2) is 0 Å². The Hall–Kier alpha value is -2.04. The predicted octanol–water partition coefficient (Wildman–Crippen LogP) is 3.71. The SMILES string of the molecule is O=C(C#CC(F)(F)C(F)(F)C(F)(F)F)c1ccccc1. The topological polar surface area (TPSA) is 17.1 Å². The van der Waals surface area contributed by atoms with Gasteiger partial charge in [-0.3, -0.25) is 4.79 Å². The lowest BCUT2D eigenvalue weighted by molar-refractivity contribution is -0.339. The summed E-state index contributed by atoms with van der Waals surface area (Å²) in [4.78, 5) is 11.2. The zero-order valence-corrected chi connectivity index (χ0v) is 9.44. The highest BCUT2D eigenvalue weighted by molar-refractivity contribution is 6.09. The van der Waals surface area contributed by atoms with Crippen molar-refractivity contribution >= 4 is 5.78 Å². The van der Waals surface area contributed by atoms with E-state index >= 15 is 0 Å². The van der Waals surface area contributed by atoms with Crippen molar-refractivity contribution in [3.63, 3.8) is 0 Å². The van der Waals surface area contributed by atoms with E-state index in [1.165, 1.54) is 18.2 Å². The molecule has 0 radical (unpaired) electrons. The van der Waals surface area contributed by atoms with Crippen molar-refractivity contribution in [1.29, 1.82) is 0 Å². The van der Waals surface area contributed by atoms with Gasteiger partial charge in [0.2, 0.25) is 5.78 Å². The fourth-order valence-electron chi connectivity index (χ4n) is 1.05. The number of hydrogen-bond acceptors (Lipinski definition) is 1. The van der Waals surface area contributed by atoms with Gasteiger partial charge in [0.05, 0.1) is 0 Å². The molecule has 0 saturated carbocycles. The predicted molar refractivity (Wildman–Crippen MR) is 54.5 cm³/mol. The lowest BCUT2D eigenvalue weighted by Gasteiger charge is -2.23. The summed E-state index contributed by atoms with van der Waals surface area (Å²) in [6.07, 6.45) is -6.47. The molecule has 0 amide bonds. The first-order chi connectivity index (χ1) is 8.99. The average molecular weight is 298 g/mol. The standard InChI is InChI=1S/C12H5F7O/c13-10(14,11(15,16)12(17,18)19)7-6-9(20)8-4-2-1-3-5-8/h1-5H. The minimum atomic E-state index is -6.47. The van der Waals surface area contributed by atoms with Gasteiger partial charge in [0.15, 0.2) is 0 Å². The molecule has 8 heteroatoms. The molecule has 1 rings (SSSR count). The highest BCUT2D eigenvalue weighted by Gasteiger charge is 2.72. The maximum atomic E-state index is 12.8. The van der Waals surface area contributed by atoms with Crippen LogP contribution in [0.3, 0.4) is 0 Å². The first-order valence-electron chi connectivity index (χ1n) is 4.94. The number of benzene rings is 1. The normalized spacial score (nSPS) is 12.6. The van der Waals surface area contributed by atoms with Crippen LogP contribution in [0.1, 0.15) is 10.4 Å². The third kappa shape index (κ3) is 3.10. The molecule has 0 unspecified atom stereocenters. The van der Waals surface area contributed by atoms with E-state index in [0.717, 1.165) is 18.1 Å². The molecule has 0 heterocycles. The summed E-state index contributed by atoms with van der Waals surface area (Å²) in [6.45, 7) is 0. The second-order valence-electron chi connectivity index (χ2n) is 3.59. The quantitative estimate of drug-likeness (QED) is 0.352. The van der Waals surface area contributed by atoms with Crippen molar-refractivity contribution in [2.24, 2.45) is 0 Å². The molecule has 20 heavy (non-hydrogen) atoms. The van der Waals surface area contributed by atoms with Crippen LogP contribution in [0, 0.1) is 11.8 Å². The molecule has 1 nitrogen and oxygen atoms in total. The lowest BCUT2D eigenvalue weighted by Crippen LogP contribution is -2.51. The van der Waals surface area contributed by atoms with Gasteiger partial charge in [0, 0.05) is 5.56 Å². The fraction of sp³-hybridized carbons (Fsp3) is 0.250. The van der Waals surface area contributed by atoms with Crippen LogP contribution in [0.25, 0.3) is 0 Å². The molecule has 1 aromatic rings. The summed E-state index contributed by atoms with van der Waals surface area (Å²) >= 11 is 0. The number of halogens is 7. The van der Waals surface area contributed by atoms with E-state index in [2.05, 4.69) is 0 Å². The largest absolute Gasteiger partial charge is 0.461 e. The Labute approximate surface area is 108 Å². The van der Waals surface area contributed by atoms with Gasteiger partial charge in [-0.15, -0.1) is 0 Å². The van der Waals surface area contributed by atoms with Crippen LogP contribution in [-0.4, -0.2) is 23.8 Å². The third-order valence-corrected chi connectivity index (χ3v) is 2.12. The second kappa shape index (κ2) is 5.15. The van der Waals surface area contributed by atoms with Crippen molar-refractivity contribution in [2.45, 2.75) is 18.0 Å². The molecule has 0 aliphatic carbocycles. The van der Waals surface area contributed by atoms with E-state index in [-0.39, 0.29) is 5.56 Å². The van der Waals surface area contributed by atoms with Crippen molar-refractivity contribution in [2.75, 3.05) is 0 Å². The first kappa shape index (κ1) is 16.0. The molecule has 108 valence electrons. The van der Waals surface area contributed by atoms with Crippen LogP contribution in [0.15, 0.2) is 30.3 Å². The second-order valence-corrected chi connectivity index (χ2v) is 3.59. The summed E-state index contributed by atoms with van der Waals surface area (Å²) in [5.74, 6) is -11.8. The smallest absolute Gasteiger partial charge is 0.279 e.